The van der Waals surface area contributed by atoms with Crippen molar-refractivity contribution in [2.24, 2.45) is 5.73 Å². The monoisotopic (exact) mass is 289 g/mol. The summed E-state index contributed by atoms with van der Waals surface area (Å²) in [6, 6.07) is 2.06. The molecule has 0 unspecified atom stereocenters. The first-order valence-corrected chi connectivity index (χ1v) is 6.64. The van der Waals surface area contributed by atoms with Gasteiger partial charge in [-0.05, 0) is 18.9 Å². The van der Waals surface area contributed by atoms with Gasteiger partial charge in [0.15, 0.2) is 11.5 Å². The third-order valence-corrected chi connectivity index (χ3v) is 4.23. The molecule has 1 saturated carbocycles. The maximum absolute atomic E-state index is 12.7. The van der Waals surface area contributed by atoms with Gasteiger partial charge in [-0.3, -0.25) is 0 Å². The zero-order valence-electron chi connectivity index (χ0n) is 11.0. The van der Waals surface area contributed by atoms with Crippen LogP contribution in [-0.4, -0.2) is 16.8 Å². The van der Waals surface area contributed by atoms with E-state index in [9.17, 15) is 23.4 Å². The second kappa shape index (κ2) is 5.16. The van der Waals surface area contributed by atoms with E-state index in [1.54, 1.807) is 0 Å². The maximum Gasteiger partial charge on any atom is 0.420 e. The molecule has 0 spiro atoms. The molecule has 0 amide bonds. The van der Waals surface area contributed by atoms with Gasteiger partial charge in [-0.15, -0.1) is 0 Å². The number of halogens is 3. The summed E-state index contributed by atoms with van der Waals surface area (Å²) >= 11 is 0. The highest BCUT2D eigenvalue weighted by molar-refractivity contribution is 5.54. The maximum atomic E-state index is 12.7. The number of rotatable bonds is 2. The van der Waals surface area contributed by atoms with Crippen molar-refractivity contribution in [3.05, 3.63) is 23.3 Å². The predicted octanol–water partition coefficient (Wildman–Crippen LogP) is 3.28. The molecule has 0 atom stereocenters. The van der Waals surface area contributed by atoms with Crippen molar-refractivity contribution >= 4 is 0 Å². The Hall–Kier alpha value is -1.43. The summed E-state index contributed by atoms with van der Waals surface area (Å²) in [5, 5.41) is 19.6. The Morgan fingerprint density at radius 3 is 2.15 bits per heavy atom. The Labute approximate surface area is 115 Å². The van der Waals surface area contributed by atoms with Crippen LogP contribution in [0.25, 0.3) is 0 Å². The highest BCUT2D eigenvalue weighted by atomic mass is 19.4. The Bertz CT molecular complexity index is 494. The molecule has 2 rings (SSSR count). The van der Waals surface area contributed by atoms with Gasteiger partial charge in [-0.2, -0.15) is 13.2 Å². The summed E-state index contributed by atoms with van der Waals surface area (Å²) in [4.78, 5) is 0. The van der Waals surface area contributed by atoms with Gasteiger partial charge >= 0.3 is 6.18 Å². The fraction of sp³-hybridized carbons (Fsp3) is 0.571. The summed E-state index contributed by atoms with van der Waals surface area (Å²) in [7, 11) is 0. The van der Waals surface area contributed by atoms with E-state index in [2.05, 4.69) is 0 Å². The molecule has 1 fully saturated rings. The lowest BCUT2D eigenvalue weighted by Gasteiger charge is -2.37. The quantitative estimate of drug-likeness (QED) is 0.732. The van der Waals surface area contributed by atoms with Crippen LogP contribution in [0.2, 0.25) is 0 Å². The topological polar surface area (TPSA) is 66.5 Å². The third kappa shape index (κ3) is 2.44. The molecular weight excluding hydrogens is 271 g/mol. The number of nitrogens with two attached hydrogens (primary N) is 1. The average Bonchev–Trinajstić information content (AvgIpc) is 2.41. The molecule has 1 aliphatic rings. The molecule has 3 nitrogen and oxygen atoms in total. The molecule has 4 N–H and O–H groups in total. The molecule has 20 heavy (non-hydrogen) atoms. The van der Waals surface area contributed by atoms with Crippen LogP contribution in [0, 0.1) is 0 Å². The van der Waals surface area contributed by atoms with Crippen LogP contribution in [-0.2, 0) is 11.6 Å². The summed E-state index contributed by atoms with van der Waals surface area (Å²) in [5.41, 5.74) is 4.36. The van der Waals surface area contributed by atoms with Gasteiger partial charge in [0, 0.05) is 17.5 Å². The Kier molecular flexibility index (Phi) is 3.86. The van der Waals surface area contributed by atoms with Crippen LogP contribution in [0.15, 0.2) is 12.1 Å². The standard InChI is InChI=1S/C14H18F3NO2/c15-14(16,17)10-5-4-9(11(19)12(10)20)13(8-18)6-2-1-3-7-13/h4-5,19-20H,1-3,6-8,18H2. The lowest BCUT2D eigenvalue weighted by Crippen LogP contribution is -2.37. The molecule has 6 heteroatoms. The van der Waals surface area contributed by atoms with E-state index < -0.39 is 28.7 Å². The summed E-state index contributed by atoms with van der Waals surface area (Å²) in [6.07, 6.45) is -0.391. The van der Waals surface area contributed by atoms with Crippen LogP contribution < -0.4 is 5.73 Å². The Morgan fingerprint density at radius 1 is 1.05 bits per heavy atom. The van der Waals surface area contributed by atoms with Crippen molar-refractivity contribution < 1.29 is 23.4 Å². The van der Waals surface area contributed by atoms with E-state index in [0.717, 1.165) is 25.3 Å². The van der Waals surface area contributed by atoms with Crippen molar-refractivity contribution in [1.29, 1.82) is 0 Å². The third-order valence-electron chi connectivity index (χ3n) is 4.23. The Morgan fingerprint density at radius 2 is 1.65 bits per heavy atom. The normalized spacial score (nSPS) is 19.0. The summed E-state index contributed by atoms with van der Waals surface area (Å²) in [5.74, 6) is -1.79. The Balaban J connectivity index is 2.50. The number of phenolic OH excluding ortho intramolecular Hbond substituents is 2. The van der Waals surface area contributed by atoms with E-state index in [0.29, 0.717) is 18.4 Å². The highest BCUT2D eigenvalue weighted by Crippen LogP contribution is 2.48. The van der Waals surface area contributed by atoms with Gasteiger partial charge in [0.25, 0.3) is 0 Å². The SMILES string of the molecule is NCC1(c2ccc(C(F)(F)F)c(O)c2O)CCCCC1. The van der Waals surface area contributed by atoms with Crippen LogP contribution >= 0.6 is 0 Å². The van der Waals surface area contributed by atoms with E-state index in [1.807, 2.05) is 0 Å². The number of alkyl halides is 3. The molecule has 1 aromatic rings. The number of hydrogen-bond donors (Lipinski definition) is 3. The number of phenols is 2. The van der Waals surface area contributed by atoms with Crippen LogP contribution in [0.4, 0.5) is 13.2 Å². The van der Waals surface area contributed by atoms with Crippen molar-refractivity contribution in [2.45, 2.75) is 43.7 Å². The molecule has 0 radical (unpaired) electrons. The first-order chi connectivity index (χ1) is 9.32. The van der Waals surface area contributed by atoms with E-state index >= 15 is 0 Å². The first kappa shape index (κ1) is 15.0. The minimum atomic E-state index is -4.69. The second-order valence-electron chi connectivity index (χ2n) is 5.40. The molecule has 0 saturated heterocycles. The molecule has 0 aromatic heterocycles. The molecule has 0 heterocycles. The van der Waals surface area contributed by atoms with E-state index in [1.165, 1.54) is 6.07 Å². The lowest BCUT2D eigenvalue weighted by atomic mass is 9.69. The summed E-state index contributed by atoms with van der Waals surface area (Å²) < 4.78 is 38.1. The number of aromatic hydroxyl groups is 2. The average molecular weight is 289 g/mol. The van der Waals surface area contributed by atoms with Gasteiger partial charge in [0.1, 0.15) is 5.56 Å². The largest absolute Gasteiger partial charge is 0.504 e. The first-order valence-electron chi connectivity index (χ1n) is 6.64. The van der Waals surface area contributed by atoms with Gasteiger partial charge in [-0.25, -0.2) is 0 Å². The van der Waals surface area contributed by atoms with Crippen LogP contribution in [0.5, 0.6) is 11.5 Å². The molecule has 0 aliphatic heterocycles. The zero-order chi connectivity index (χ0) is 15.0. The van der Waals surface area contributed by atoms with E-state index in [-0.39, 0.29) is 6.54 Å². The van der Waals surface area contributed by atoms with Gasteiger partial charge in [0.05, 0.1) is 0 Å². The molecule has 1 aliphatic carbocycles. The lowest BCUT2D eigenvalue weighted by molar-refractivity contribution is -0.138. The smallest absolute Gasteiger partial charge is 0.420 e. The van der Waals surface area contributed by atoms with Gasteiger partial charge < -0.3 is 15.9 Å². The van der Waals surface area contributed by atoms with Crippen molar-refractivity contribution in [3.63, 3.8) is 0 Å². The number of benzene rings is 1. The molecule has 112 valence electrons. The second-order valence-corrected chi connectivity index (χ2v) is 5.40. The molecule has 0 bridgehead atoms. The molecular formula is C14H18F3NO2. The van der Waals surface area contributed by atoms with Gasteiger partial charge in [-0.1, -0.05) is 25.3 Å². The van der Waals surface area contributed by atoms with Crippen LogP contribution in [0.1, 0.15) is 43.2 Å². The van der Waals surface area contributed by atoms with Crippen molar-refractivity contribution in [1.82, 2.24) is 0 Å². The van der Waals surface area contributed by atoms with Crippen LogP contribution in [0.3, 0.4) is 0 Å². The summed E-state index contributed by atoms with van der Waals surface area (Å²) in [6.45, 7) is 0.241. The highest BCUT2D eigenvalue weighted by Gasteiger charge is 2.40. The fourth-order valence-corrected chi connectivity index (χ4v) is 3.05. The predicted molar refractivity (Wildman–Crippen MR) is 68.6 cm³/mol. The van der Waals surface area contributed by atoms with Gasteiger partial charge in [0.2, 0.25) is 0 Å². The fourth-order valence-electron chi connectivity index (χ4n) is 3.05. The minimum Gasteiger partial charge on any atom is -0.504 e. The van der Waals surface area contributed by atoms with E-state index in [4.69, 9.17) is 5.73 Å². The number of hydrogen-bond acceptors (Lipinski definition) is 3. The zero-order valence-corrected chi connectivity index (χ0v) is 11.0. The minimum absolute atomic E-state index is 0.241. The van der Waals surface area contributed by atoms with Crippen molar-refractivity contribution in [3.8, 4) is 11.5 Å². The van der Waals surface area contributed by atoms with Crippen molar-refractivity contribution in [2.75, 3.05) is 6.54 Å². The molecule has 1 aromatic carbocycles.